The molecule has 0 saturated heterocycles. The van der Waals surface area contributed by atoms with E-state index in [2.05, 4.69) is 20.5 Å². The summed E-state index contributed by atoms with van der Waals surface area (Å²) in [7, 11) is 1.83. The second-order valence-electron chi connectivity index (χ2n) is 8.86. The van der Waals surface area contributed by atoms with Gasteiger partial charge in [0.05, 0.1) is 35.3 Å². The van der Waals surface area contributed by atoms with Crippen molar-refractivity contribution in [2.75, 3.05) is 0 Å². The molecule has 5 rings (SSSR count). The van der Waals surface area contributed by atoms with Gasteiger partial charge in [-0.2, -0.15) is 15.0 Å². The van der Waals surface area contributed by atoms with Gasteiger partial charge in [-0.15, -0.1) is 5.10 Å². The van der Waals surface area contributed by atoms with Crippen molar-refractivity contribution >= 4 is 5.97 Å². The second-order valence-corrected chi connectivity index (χ2v) is 8.86. The molecule has 10 heteroatoms. The average molecular weight is 474 g/mol. The van der Waals surface area contributed by atoms with Gasteiger partial charge in [0.2, 0.25) is 0 Å². The fraction of sp³-hybridized carbons (Fsp3) is 0.360. The molecule has 180 valence electrons. The molecule has 0 bridgehead atoms. The fourth-order valence-electron chi connectivity index (χ4n) is 4.46. The van der Waals surface area contributed by atoms with Crippen molar-refractivity contribution in [1.29, 1.82) is 0 Å². The SMILES string of the molecule is Cc1nc(-c2nnn(C)c2Cn2ncc(-c3ccccc3)n2)ccc1O[C@H]1CCC[C@H](C(=O)O)C1. The molecule has 1 aliphatic carbocycles. The molecule has 1 aliphatic rings. The van der Waals surface area contributed by atoms with Crippen LogP contribution in [0.25, 0.3) is 22.6 Å². The highest BCUT2D eigenvalue weighted by molar-refractivity contribution is 5.70. The summed E-state index contributed by atoms with van der Waals surface area (Å²) < 4.78 is 7.85. The predicted molar refractivity (Wildman–Crippen MR) is 128 cm³/mol. The largest absolute Gasteiger partial charge is 0.489 e. The molecule has 35 heavy (non-hydrogen) atoms. The van der Waals surface area contributed by atoms with Crippen molar-refractivity contribution in [2.45, 2.75) is 45.3 Å². The number of pyridine rings is 1. The monoisotopic (exact) mass is 473 g/mol. The molecular formula is C25H27N7O3. The van der Waals surface area contributed by atoms with Crippen molar-refractivity contribution < 1.29 is 14.6 Å². The number of carboxylic acids is 1. The third-order valence-electron chi connectivity index (χ3n) is 6.39. The molecule has 0 aliphatic heterocycles. The van der Waals surface area contributed by atoms with E-state index in [1.54, 1.807) is 15.7 Å². The van der Waals surface area contributed by atoms with Gasteiger partial charge in [-0.25, -0.2) is 9.67 Å². The number of carbonyl (C=O) groups is 1. The van der Waals surface area contributed by atoms with Gasteiger partial charge in [0, 0.05) is 12.6 Å². The highest BCUT2D eigenvalue weighted by Crippen LogP contribution is 2.30. The lowest BCUT2D eigenvalue weighted by Gasteiger charge is -2.27. The van der Waals surface area contributed by atoms with E-state index in [4.69, 9.17) is 9.72 Å². The summed E-state index contributed by atoms with van der Waals surface area (Å²) in [6, 6.07) is 13.6. The maximum Gasteiger partial charge on any atom is 0.306 e. The Morgan fingerprint density at radius 2 is 1.97 bits per heavy atom. The molecule has 4 aromatic rings. The first-order valence-electron chi connectivity index (χ1n) is 11.7. The summed E-state index contributed by atoms with van der Waals surface area (Å²) in [5, 5.41) is 26.9. The van der Waals surface area contributed by atoms with Crippen LogP contribution in [-0.2, 0) is 18.4 Å². The van der Waals surface area contributed by atoms with Crippen LogP contribution in [0.1, 0.15) is 37.1 Å². The number of benzene rings is 1. The molecular weight excluding hydrogens is 446 g/mol. The summed E-state index contributed by atoms with van der Waals surface area (Å²) in [5.41, 5.74) is 4.69. The molecule has 1 fully saturated rings. The molecule has 1 aromatic carbocycles. The number of carboxylic acid groups (broad SMARTS) is 1. The number of ether oxygens (including phenoxy) is 1. The number of rotatable bonds is 7. The fourth-order valence-corrected chi connectivity index (χ4v) is 4.46. The van der Waals surface area contributed by atoms with Crippen LogP contribution in [0.15, 0.2) is 48.7 Å². The highest BCUT2D eigenvalue weighted by Gasteiger charge is 2.28. The van der Waals surface area contributed by atoms with Crippen molar-refractivity contribution in [3.05, 3.63) is 60.0 Å². The minimum absolute atomic E-state index is 0.118. The van der Waals surface area contributed by atoms with E-state index in [1.165, 1.54) is 0 Å². The Bertz CT molecular complexity index is 1330. The van der Waals surface area contributed by atoms with Gasteiger partial charge >= 0.3 is 5.97 Å². The Morgan fingerprint density at radius 3 is 2.74 bits per heavy atom. The molecule has 0 unspecified atom stereocenters. The lowest BCUT2D eigenvalue weighted by Crippen LogP contribution is -2.29. The van der Waals surface area contributed by atoms with Gasteiger partial charge in [0.25, 0.3) is 0 Å². The van der Waals surface area contributed by atoms with Crippen LogP contribution >= 0.6 is 0 Å². The minimum atomic E-state index is -0.749. The summed E-state index contributed by atoms with van der Waals surface area (Å²) in [6.07, 6.45) is 4.55. The molecule has 1 N–H and O–H groups in total. The van der Waals surface area contributed by atoms with Crippen LogP contribution in [0.5, 0.6) is 5.75 Å². The van der Waals surface area contributed by atoms with Crippen molar-refractivity contribution in [3.63, 3.8) is 0 Å². The van der Waals surface area contributed by atoms with Gasteiger partial charge < -0.3 is 9.84 Å². The molecule has 0 amide bonds. The van der Waals surface area contributed by atoms with Gasteiger partial charge in [-0.05, 0) is 44.7 Å². The Kier molecular flexibility index (Phi) is 6.26. The first-order chi connectivity index (χ1) is 17.0. The first kappa shape index (κ1) is 22.7. The Morgan fingerprint density at radius 1 is 1.14 bits per heavy atom. The molecule has 3 aromatic heterocycles. The van der Waals surface area contributed by atoms with Crippen molar-refractivity contribution in [3.8, 4) is 28.4 Å². The lowest BCUT2D eigenvalue weighted by molar-refractivity contribution is -0.143. The molecule has 10 nitrogen and oxygen atoms in total. The summed E-state index contributed by atoms with van der Waals surface area (Å²) in [4.78, 5) is 17.7. The topological polar surface area (TPSA) is 121 Å². The standard InChI is InChI=1S/C25H27N7O3/c1-16-23(35-19-10-6-9-18(13-19)25(33)34)12-11-20(27-16)24-22(31(2)30-28-24)15-32-26-14-21(29-32)17-7-4-3-5-8-17/h3-5,7-8,11-12,14,18-19H,6,9-10,13,15H2,1-2H3,(H,33,34)/t18-,19-/m0/s1. The second kappa shape index (κ2) is 9.65. The smallest absolute Gasteiger partial charge is 0.306 e. The molecule has 0 spiro atoms. The van der Waals surface area contributed by atoms with Gasteiger partial charge in [-0.3, -0.25) is 4.79 Å². The quantitative estimate of drug-likeness (QED) is 0.433. The number of hydrogen-bond donors (Lipinski definition) is 1. The van der Waals surface area contributed by atoms with Gasteiger partial charge in [-0.1, -0.05) is 35.5 Å². The number of hydrogen-bond acceptors (Lipinski definition) is 7. The van der Waals surface area contributed by atoms with E-state index >= 15 is 0 Å². The Balaban J connectivity index is 1.34. The molecule has 0 radical (unpaired) electrons. The van der Waals surface area contributed by atoms with E-state index in [0.29, 0.717) is 36.5 Å². The maximum absolute atomic E-state index is 11.4. The summed E-state index contributed by atoms with van der Waals surface area (Å²) in [5.74, 6) is -0.431. The van der Waals surface area contributed by atoms with Crippen LogP contribution in [0.4, 0.5) is 0 Å². The van der Waals surface area contributed by atoms with Crippen LogP contribution in [0.2, 0.25) is 0 Å². The van der Waals surface area contributed by atoms with Crippen LogP contribution in [-0.4, -0.2) is 52.2 Å². The number of aryl methyl sites for hydroxylation is 2. The Labute approximate surface area is 202 Å². The van der Waals surface area contributed by atoms with E-state index < -0.39 is 5.97 Å². The third-order valence-corrected chi connectivity index (χ3v) is 6.39. The Hall–Kier alpha value is -4.08. The van der Waals surface area contributed by atoms with Crippen molar-refractivity contribution in [1.82, 2.24) is 35.0 Å². The summed E-state index contributed by atoms with van der Waals surface area (Å²) in [6.45, 7) is 2.27. The van der Waals surface area contributed by atoms with Gasteiger partial charge in [0.1, 0.15) is 23.7 Å². The predicted octanol–water partition coefficient (Wildman–Crippen LogP) is 3.51. The summed E-state index contributed by atoms with van der Waals surface area (Å²) >= 11 is 0. The zero-order chi connectivity index (χ0) is 24.4. The molecule has 2 atom stereocenters. The van der Waals surface area contributed by atoms with Crippen molar-refractivity contribution in [2.24, 2.45) is 13.0 Å². The highest BCUT2D eigenvalue weighted by atomic mass is 16.5. The van der Waals surface area contributed by atoms with Crippen LogP contribution < -0.4 is 4.74 Å². The van der Waals surface area contributed by atoms with Crippen LogP contribution in [0, 0.1) is 12.8 Å². The molecule has 3 heterocycles. The van der Waals surface area contributed by atoms with Gasteiger partial charge in [0.15, 0.2) is 0 Å². The van der Waals surface area contributed by atoms with Crippen LogP contribution in [0.3, 0.4) is 0 Å². The van der Waals surface area contributed by atoms with E-state index in [9.17, 15) is 9.90 Å². The molecule has 1 saturated carbocycles. The zero-order valence-corrected chi connectivity index (χ0v) is 19.7. The number of nitrogens with zero attached hydrogens (tertiary/aromatic N) is 7. The average Bonchev–Trinajstić information content (AvgIpc) is 3.48. The minimum Gasteiger partial charge on any atom is -0.489 e. The zero-order valence-electron chi connectivity index (χ0n) is 19.7. The first-order valence-corrected chi connectivity index (χ1v) is 11.7. The van der Waals surface area contributed by atoms with E-state index in [0.717, 1.165) is 35.5 Å². The normalized spacial score (nSPS) is 17.9. The van der Waals surface area contributed by atoms with E-state index in [-0.39, 0.29) is 12.0 Å². The maximum atomic E-state index is 11.4. The van der Waals surface area contributed by atoms with E-state index in [1.807, 2.05) is 56.4 Å². The number of aliphatic carboxylic acids is 1. The number of aromatic nitrogens is 7. The lowest BCUT2D eigenvalue weighted by atomic mass is 9.87. The third kappa shape index (κ3) is 4.91.